The molecule has 1 nitrogen and oxygen atoms in total. The van der Waals surface area contributed by atoms with E-state index < -0.39 is 0 Å². The Labute approximate surface area is 115 Å². The molecule has 0 aromatic carbocycles. The number of hydrogen-bond acceptors (Lipinski definition) is 1. The topological polar surface area (TPSA) is 17.1 Å². The Hall–Kier alpha value is -0.330. The first kappa shape index (κ1) is 17.7. The first-order chi connectivity index (χ1) is 8.54. The predicted octanol–water partition coefficient (Wildman–Crippen LogP) is 5.91. The first-order valence-electron chi connectivity index (χ1n) is 8.08. The molecule has 0 aromatic rings. The smallest absolute Gasteiger partial charge is 0.138 e. The lowest BCUT2D eigenvalue weighted by Crippen LogP contribution is -2.22. The second-order valence-electron chi connectivity index (χ2n) is 6.24. The summed E-state index contributed by atoms with van der Waals surface area (Å²) in [7, 11) is 0. The lowest BCUT2D eigenvalue weighted by Gasteiger charge is -2.20. The minimum absolute atomic E-state index is 0.0971. The van der Waals surface area contributed by atoms with Crippen LogP contribution in [0.25, 0.3) is 0 Å². The summed E-state index contributed by atoms with van der Waals surface area (Å²) in [5, 5.41) is 0. The maximum Gasteiger partial charge on any atom is 0.138 e. The fourth-order valence-electron chi connectivity index (χ4n) is 2.13. The molecule has 0 aliphatic heterocycles. The molecule has 0 atom stereocenters. The van der Waals surface area contributed by atoms with E-state index in [9.17, 15) is 4.79 Å². The molecule has 0 N–H and O–H groups in total. The molecule has 18 heavy (non-hydrogen) atoms. The summed E-state index contributed by atoms with van der Waals surface area (Å²) in [4.78, 5) is 11.9. The van der Waals surface area contributed by atoms with E-state index in [0.29, 0.717) is 5.78 Å². The third kappa shape index (κ3) is 8.72. The van der Waals surface area contributed by atoms with Gasteiger partial charge in [0.15, 0.2) is 0 Å². The highest BCUT2D eigenvalue weighted by Crippen LogP contribution is 2.24. The summed E-state index contributed by atoms with van der Waals surface area (Å²) >= 11 is 0. The van der Waals surface area contributed by atoms with E-state index in [-0.39, 0.29) is 5.41 Å². The largest absolute Gasteiger partial charge is 0.299 e. The number of Topliss-reactive ketones (excluding diaryl/α,β-unsaturated/α-hetero) is 1. The summed E-state index contributed by atoms with van der Waals surface area (Å²) in [6, 6.07) is 0. The molecule has 0 aliphatic rings. The summed E-state index contributed by atoms with van der Waals surface area (Å²) in [6.45, 7) is 8.51. The number of carbonyl (C=O) groups is 1. The van der Waals surface area contributed by atoms with Crippen LogP contribution in [0.1, 0.15) is 98.3 Å². The molecule has 0 aromatic heterocycles. The van der Waals surface area contributed by atoms with Crippen LogP contribution in [-0.2, 0) is 4.79 Å². The van der Waals surface area contributed by atoms with Gasteiger partial charge in [-0.3, -0.25) is 4.79 Å². The van der Waals surface area contributed by atoms with Gasteiger partial charge in [0, 0.05) is 11.8 Å². The highest BCUT2D eigenvalue weighted by atomic mass is 16.1. The number of unbranched alkanes of at least 4 members (excludes halogenated alkanes) is 8. The van der Waals surface area contributed by atoms with Crippen LogP contribution in [0.2, 0.25) is 0 Å². The molecule has 0 bridgehead atoms. The van der Waals surface area contributed by atoms with E-state index in [4.69, 9.17) is 0 Å². The molecule has 0 radical (unpaired) electrons. The number of ketones is 1. The SMILES string of the molecule is CCCCCCCCCCCC(=O)C(C)(C)CC. The van der Waals surface area contributed by atoms with Gasteiger partial charge in [0.1, 0.15) is 5.78 Å². The first-order valence-corrected chi connectivity index (χ1v) is 8.08. The van der Waals surface area contributed by atoms with E-state index in [2.05, 4.69) is 27.7 Å². The van der Waals surface area contributed by atoms with Gasteiger partial charge < -0.3 is 0 Å². The normalized spacial score (nSPS) is 11.8. The Bertz CT molecular complexity index is 206. The number of rotatable bonds is 12. The van der Waals surface area contributed by atoms with E-state index in [1.54, 1.807) is 0 Å². The predicted molar refractivity (Wildman–Crippen MR) is 80.9 cm³/mol. The van der Waals surface area contributed by atoms with Crippen LogP contribution in [0, 0.1) is 5.41 Å². The maximum absolute atomic E-state index is 11.9. The molecular formula is C17H34O. The second-order valence-corrected chi connectivity index (χ2v) is 6.24. The lowest BCUT2D eigenvalue weighted by molar-refractivity contribution is -0.127. The third-order valence-electron chi connectivity index (χ3n) is 4.15. The van der Waals surface area contributed by atoms with Crippen molar-refractivity contribution in [3.63, 3.8) is 0 Å². The van der Waals surface area contributed by atoms with Crippen LogP contribution in [0.5, 0.6) is 0 Å². The quantitative estimate of drug-likeness (QED) is 0.395. The van der Waals surface area contributed by atoms with Crippen molar-refractivity contribution in [3.05, 3.63) is 0 Å². The van der Waals surface area contributed by atoms with Crippen molar-refractivity contribution in [1.82, 2.24) is 0 Å². The second kappa shape index (κ2) is 10.6. The van der Waals surface area contributed by atoms with Gasteiger partial charge in [-0.25, -0.2) is 0 Å². The van der Waals surface area contributed by atoms with Gasteiger partial charge in [-0.15, -0.1) is 0 Å². The Morgan fingerprint density at radius 2 is 1.22 bits per heavy atom. The zero-order valence-electron chi connectivity index (χ0n) is 13.2. The van der Waals surface area contributed by atoms with Crippen LogP contribution in [0.3, 0.4) is 0 Å². The van der Waals surface area contributed by atoms with Crippen molar-refractivity contribution < 1.29 is 4.79 Å². The molecule has 0 aliphatic carbocycles. The van der Waals surface area contributed by atoms with Crippen molar-refractivity contribution in [2.45, 2.75) is 98.3 Å². The van der Waals surface area contributed by atoms with E-state index in [0.717, 1.165) is 19.3 Å². The van der Waals surface area contributed by atoms with Gasteiger partial charge in [-0.1, -0.05) is 79.1 Å². The molecule has 0 spiro atoms. The molecule has 0 saturated carbocycles. The van der Waals surface area contributed by atoms with Crippen LogP contribution in [0.4, 0.5) is 0 Å². The van der Waals surface area contributed by atoms with Gasteiger partial charge in [-0.05, 0) is 12.8 Å². The fourth-order valence-corrected chi connectivity index (χ4v) is 2.13. The summed E-state index contributed by atoms with van der Waals surface area (Å²) < 4.78 is 0. The third-order valence-corrected chi connectivity index (χ3v) is 4.15. The number of hydrogen-bond donors (Lipinski definition) is 0. The zero-order valence-corrected chi connectivity index (χ0v) is 13.2. The van der Waals surface area contributed by atoms with Gasteiger partial charge >= 0.3 is 0 Å². The van der Waals surface area contributed by atoms with Crippen molar-refractivity contribution in [1.29, 1.82) is 0 Å². The zero-order chi connectivity index (χ0) is 13.9. The summed E-state index contributed by atoms with van der Waals surface area (Å²) in [5.74, 6) is 0.452. The molecule has 0 heterocycles. The van der Waals surface area contributed by atoms with E-state index in [1.165, 1.54) is 51.4 Å². The molecule has 0 fully saturated rings. The fraction of sp³-hybridized carbons (Fsp3) is 0.941. The molecular weight excluding hydrogens is 220 g/mol. The molecule has 0 rings (SSSR count). The Morgan fingerprint density at radius 3 is 1.67 bits per heavy atom. The summed E-state index contributed by atoms with van der Waals surface area (Å²) in [6.07, 6.45) is 13.6. The Balaban J connectivity index is 3.33. The van der Waals surface area contributed by atoms with Crippen molar-refractivity contribution in [2.24, 2.45) is 5.41 Å². The monoisotopic (exact) mass is 254 g/mol. The molecule has 0 saturated heterocycles. The molecule has 1 heteroatoms. The molecule has 0 amide bonds. The Morgan fingerprint density at radius 1 is 0.778 bits per heavy atom. The molecule has 108 valence electrons. The van der Waals surface area contributed by atoms with Crippen LogP contribution >= 0.6 is 0 Å². The average molecular weight is 254 g/mol. The van der Waals surface area contributed by atoms with Gasteiger partial charge in [0.25, 0.3) is 0 Å². The maximum atomic E-state index is 11.9. The van der Waals surface area contributed by atoms with Crippen LogP contribution in [-0.4, -0.2) is 5.78 Å². The minimum atomic E-state index is -0.0971. The van der Waals surface area contributed by atoms with E-state index in [1.807, 2.05) is 0 Å². The number of carbonyl (C=O) groups excluding carboxylic acids is 1. The van der Waals surface area contributed by atoms with Gasteiger partial charge in [0.05, 0.1) is 0 Å². The van der Waals surface area contributed by atoms with Crippen molar-refractivity contribution >= 4 is 5.78 Å². The highest BCUT2D eigenvalue weighted by molar-refractivity contribution is 5.83. The van der Waals surface area contributed by atoms with Crippen LogP contribution in [0.15, 0.2) is 0 Å². The van der Waals surface area contributed by atoms with Crippen LogP contribution < -0.4 is 0 Å². The van der Waals surface area contributed by atoms with Crippen molar-refractivity contribution in [3.8, 4) is 0 Å². The highest BCUT2D eigenvalue weighted by Gasteiger charge is 2.23. The standard InChI is InChI=1S/C17H34O/c1-5-7-8-9-10-11-12-13-14-15-16(18)17(3,4)6-2/h5-15H2,1-4H3. The molecule has 0 unspecified atom stereocenters. The minimum Gasteiger partial charge on any atom is -0.299 e. The van der Waals surface area contributed by atoms with E-state index >= 15 is 0 Å². The van der Waals surface area contributed by atoms with Gasteiger partial charge in [-0.2, -0.15) is 0 Å². The van der Waals surface area contributed by atoms with Gasteiger partial charge in [0.2, 0.25) is 0 Å². The lowest BCUT2D eigenvalue weighted by atomic mass is 9.83. The Kier molecular flexibility index (Phi) is 10.4. The summed E-state index contributed by atoms with van der Waals surface area (Å²) in [5.41, 5.74) is -0.0971. The van der Waals surface area contributed by atoms with Crippen molar-refractivity contribution in [2.75, 3.05) is 0 Å². The average Bonchev–Trinajstić information content (AvgIpc) is 2.36.